The number of likely N-dealkylation sites (tertiary alicyclic amines) is 1. The number of carboxylic acids is 1. The van der Waals surface area contributed by atoms with Gasteiger partial charge in [0.15, 0.2) is 0 Å². The van der Waals surface area contributed by atoms with Crippen molar-refractivity contribution in [1.29, 1.82) is 0 Å². The Morgan fingerprint density at radius 3 is 2.67 bits per heavy atom. The molecule has 1 heterocycles. The van der Waals surface area contributed by atoms with Crippen molar-refractivity contribution >= 4 is 23.5 Å². The molecule has 0 bridgehead atoms. The van der Waals surface area contributed by atoms with Gasteiger partial charge in [-0.1, -0.05) is 41.4 Å². The molecule has 6 heteroatoms. The Hall–Kier alpha value is -2.53. The summed E-state index contributed by atoms with van der Waals surface area (Å²) in [5.41, 5.74) is 3.17. The molecule has 27 heavy (non-hydrogen) atoms. The van der Waals surface area contributed by atoms with E-state index < -0.39 is 11.9 Å². The van der Waals surface area contributed by atoms with Crippen molar-refractivity contribution in [2.45, 2.75) is 26.4 Å². The largest absolute Gasteiger partial charge is 0.489 e. The molecule has 142 valence electrons. The highest BCUT2D eigenvalue weighted by Crippen LogP contribution is 2.26. The van der Waals surface area contributed by atoms with Gasteiger partial charge in [0, 0.05) is 24.5 Å². The number of carboxylic acid groups (broad SMARTS) is 1. The first kappa shape index (κ1) is 19.2. The second kappa shape index (κ2) is 8.44. The van der Waals surface area contributed by atoms with Crippen LogP contribution in [0.4, 0.5) is 0 Å². The molecule has 1 aliphatic heterocycles. The fourth-order valence-corrected chi connectivity index (χ4v) is 3.33. The summed E-state index contributed by atoms with van der Waals surface area (Å²) in [5, 5.41) is 9.69. The lowest BCUT2D eigenvalue weighted by atomic mass is 10.1. The molecule has 0 aliphatic carbocycles. The number of nitrogens with zero attached hydrogens (tertiary/aromatic N) is 1. The van der Waals surface area contributed by atoms with Gasteiger partial charge in [0.1, 0.15) is 12.4 Å². The summed E-state index contributed by atoms with van der Waals surface area (Å²) in [6, 6.07) is 13.6. The predicted molar refractivity (Wildman–Crippen MR) is 103 cm³/mol. The highest BCUT2D eigenvalue weighted by atomic mass is 35.5. The van der Waals surface area contributed by atoms with Gasteiger partial charge in [-0.15, -0.1) is 0 Å². The van der Waals surface area contributed by atoms with Crippen LogP contribution in [-0.2, 0) is 22.6 Å². The van der Waals surface area contributed by atoms with E-state index in [1.54, 1.807) is 11.0 Å². The molecule has 0 saturated carbocycles. The average Bonchev–Trinajstić information content (AvgIpc) is 3.01. The topological polar surface area (TPSA) is 66.8 Å². The van der Waals surface area contributed by atoms with Gasteiger partial charge >= 0.3 is 5.97 Å². The highest BCUT2D eigenvalue weighted by molar-refractivity contribution is 6.30. The van der Waals surface area contributed by atoms with Gasteiger partial charge in [-0.25, -0.2) is 0 Å². The van der Waals surface area contributed by atoms with E-state index in [2.05, 4.69) is 0 Å². The molecule has 1 atom stereocenters. The number of ether oxygens (including phenoxy) is 1. The third-order valence-corrected chi connectivity index (χ3v) is 4.99. The Labute approximate surface area is 163 Å². The molecule has 2 aromatic carbocycles. The molecule has 1 fully saturated rings. The van der Waals surface area contributed by atoms with Gasteiger partial charge in [0.25, 0.3) is 0 Å². The van der Waals surface area contributed by atoms with Crippen LogP contribution in [0.25, 0.3) is 0 Å². The zero-order valence-corrected chi connectivity index (χ0v) is 15.9. The van der Waals surface area contributed by atoms with Crippen molar-refractivity contribution < 1.29 is 19.4 Å². The molecule has 5 nitrogen and oxygen atoms in total. The summed E-state index contributed by atoms with van der Waals surface area (Å²) in [6.45, 7) is 3.19. The number of rotatable bonds is 7. The van der Waals surface area contributed by atoms with Crippen LogP contribution >= 0.6 is 11.6 Å². The Morgan fingerprint density at radius 1 is 1.26 bits per heavy atom. The Bertz CT molecular complexity index is 835. The van der Waals surface area contributed by atoms with Crippen molar-refractivity contribution in [1.82, 2.24) is 4.90 Å². The first-order valence-electron chi connectivity index (χ1n) is 8.89. The fourth-order valence-electron chi connectivity index (χ4n) is 3.14. The van der Waals surface area contributed by atoms with Crippen molar-refractivity contribution in [3.63, 3.8) is 0 Å². The molecular weight excluding hydrogens is 366 g/mol. The number of halogens is 1. The molecular formula is C21H22ClNO4. The molecule has 1 saturated heterocycles. The van der Waals surface area contributed by atoms with E-state index in [4.69, 9.17) is 21.4 Å². The summed E-state index contributed by atoms with van der Waals surface area (Å²) in [7, 11) is 0. The van der Waals surface area contributed by atoms with Gasteiger partial charge in [0.2, 0.25) is 5.91 Å². The minimum absolute atomic E-state index is 0.0711. The molecule has 0 radical (unpaired) electrons. The molecule has 3 rings (SSSR count). The third-order valence-electron chi connectivity index (χ3n) is 4.75. The standard InChI is InChI=1S/C21H22ClNO4/c1-14-2-4-15(5-3-14)13-27-19-7-6-18(22)10-16(19)8-9-23-12-17(21(25)26)11-20(23)24/h2-7,10,17H,8-9,11-13H2,1H3,(H,25,26). The third kappa shape index (κ3) is 5.01. The summed E-state index contributed by atoms with van der Waals surface area (Å²) in [5.74, 6) is -0.933. The highest BCUT2D eigenvalue weighted by Gasteiger charge is 2.33. The Balaban J connectivity index is 1.64. The Kier molecular flexibility index (Phi) is 6.01. The minimum atomic E-state index is -0.921. The van der Waals surface area contributed by atoms with E-state index in [0.29, 0.717) is 24.6 Å². The first-order chi connectivity index (χ1) is 12.9. The molecule has 1 amide bonds. The van der Waals surface area contributed by atoms with Gasteiger partial charge in [-0.3, -0.25) is 9.59 Å². The van der Waals surface area contributed by atoms with Crippen LogP contribution in [0.2, 0.25) is 5.02 Å². The minimum Gasteiger partial charge on any atom is -0.489 e. The zero-order valence-electron chi connectivity index (χ0n) is 15.2. The summed E-state index contributed by atoms with van der Waals surface area (Å²) < 4.78 is 5.96. The smallest absolute Gasteiger partial charge is 0.308 e. The maximum Gasteiger partial charge on any atom is 0.308 e. The molecule has 1 N–H and O–H groups in total. The second-order valence-electron chi connectivity index (χ2n) is 6.86. The Morgan fingerprint density at radius 2 is 2.00 bits per heavy atom. The number of carbonyl (C=O) groups is 2. The molecule has 0 spiro atoms. The van der Waals surface area contributed by atoms with Crippen LogP contribution in [0.5, 0.6) is 5.75 Å². The predicted octanol–water partition coefficient (Wildman–Crippen LogP) is 3.70. The number of benzene rings is 2. The summed E-state index contributed by atoms with van der Waals surface area (Å²) in [4.78, 5) is 24.7. The number of hydrogen-bond donors (Lipinski definition) is 1. The van der Waals surface area contributed by atoms with E-state index in [9.17, 15) is 9.59 Å². The van der Waals surface area contributed by atoms with Crippen molar-refractivity contribution in [3.8, 4) is 5.75 Å². The van der Waals surface area contributed by atoms with Gasteiger partial charge < -0.3 is 14.7 Å². The maximum atomic E-state index is 12.0. The van der Waals surface area contributed by atoms with Gasteiger partial charge in [-0.2, -0.15) is 0 Å². The number of amides is 1. The number of aryl methyl sites for hydroxylation is 1. The summed E-state index contributed by atoms with van der Waals surface area (Å²) >= 11 is 6.13. The molecule has 0 aromatic heterocycles. The molecule has 1 aliphatic rings. The number of hydrogen-bond acceptors (Lipinski definition) is 3. The first-order valence-corrected chi connectivity index (χ1v) is 9.27. The van der Waals surface area contributed by atoms with Crippen LogP contribution in [-0.4, -0.2) is 35.0 Å². The lowest BCUT2D eigenvalue weighted by Crippen LogP contribution is -2.28. The molecule has 1 unspecified atom stereocenters. The van der Waals surface area contributed by atoms with Gasteiger partial charge in [0.05, 0.1) is 5.92 Å². The lowest BCUT2D eigenvalue weighted by molar-refractivity contribution is -0.141. The average molecular weight is 388 g/mol. The zero-order chi connectivity index (χ0) is 19.4. The molecule has 2 aromatic rings. The van der Waals surface area contributed by atoms with E-state index in [-0.39, 0.29) is 18.9 Å². The monoisotopic (exact) mass is 387 g/mol. The van der Waals surface area contributed by atoms with Crippen LogP contribution < -0.4 is 4.74 Å². The summed E-state index contributed by atoms with van der Waals surface area (Å²) in [6.07, 6.45) is 0.629. The second-order valence-corrected chi connectivity index (χ2v) is 7.29. The SMILES string of the molecule is Cc1ccc(COc2ccc(Cl)cc2CCN2CC(C(=O)O)CC2=O)cc1. The van der Waals surface area contributed by atoms with Crippen molar-refractivity contribution in [3.05, 3.63) is 64.2 Å². The van der Waals surface area contributed by atoms with Gasteiger partial charge in [-0.05, 0) is 42.7 Å². The van der Waals surface area contributed by atoms with Crippen molar-refractivity contribution in [2.24, 2.45) is 5.92 Å². The maximum absolute atomic E-state index is 12.0. The van der Waals surface area contributed by atoms with Crippen LogP contribution in [0.3, 0.4) is 0 Å². The van der Waals surface area contributed by atoms with E-state index in [0.717, 1.165) is 16.9 Å². The normalized spacial score (nSPS) is 16.6. The van der Waals surface area contributed by atoms with Crippen LogP contribution in [0.15, 0.2) is 42.5 Å². The van der Waals surface area contributed by atoms with E-state index in [1.807, 2.05) is 43.3 Å². The van der Waals surface area contributed by atoms with E-state index >= 15 is 0 Å². The van der Waals surface area contributed by atoms with E-state index in [1.165, 1.54) is 5.56 Å². The van der Waals surface area contributed by atoms with Crippen LogP contribution in [0, 0.1) is 12.8 Å². The van der Waals surface area contributed by atoms with Crippen LogP contribution in [0.1, 0.15) is 23.1 Å². The number of aliphatic carboxylic acids is 1. The van der Waals surface area contributed by atoms with Crippen molar-refractivity contribution in [2.75, 3.05) is 13.1 Å². The number of carbonyl (C=O) groups excluding carboxylic acids is 1. The quantitative estimate of drug-likeness (QED) is 0.786. The lowest BCUT2D eigenvalue weighted by Gasteiger charge is -2.18. The fraction of sp³-hybridized carbons (Fsp3) is 0.333.